The van der Waals surface area contributed by atoms with Crippen LogP contribution >= 0.6 is 12.6 Å². The Kier molecular flexibility index (Phi) is 5.42. The summed E-state index contributed by atoms with van der Waals surface area (Å²) in [5.74, 6) is -1.18. The van der Waals surface area contributed by atoms with E-state index in [4.69, 9.17) is 5.11 Å². The molecule has 1 N–H and O–H groups in total. The molecule has 1 rings (SSSR count). The maximum atomic E-state index is 12.2. The SMILES string of the molecule is Cc1cc(C)cc(N(CC(=O)O)C(=O)[C@@H](C)CS)c1. The lowest BCUT2D eigenvalue weighted by Gasteiger charge is -2.24. The van der Waals surface area contributed by atoms with Gasteiger partial charge in [-0.05, 0) is 37.1 Å². The monoisotopic (exact) mass is 281 g/mol. The molecular weight excluding hydrogens is 262 g/mol. The zero-order chi connectivity index (χ0) is 14.6. The number of nitrogens with zero attached hydrogens (tertiary/aromatic N) is 1. The molecule has 0 aliphatic heterocycles. The zero-order valence-corrected chi connectivity index (χ0v) is 12.3. The molecule has 4 nitrogen and oxygen atoms in total. The van der Waals surface area contributed by atoms with Crippen LogP contribution in [0.3, 0.4) is 0 Å². The summed E-state index contributed by atoms with van der Waals surface area (Å²) in [5, 5.41) is 8.97. The first-order chi connectivity index (χ1) is 8.85. The number of aliphatic carboxylic acids is 1. The summed E-state index contributed by atoms with van der Waals surface area (Å²) in [6.07, 6.45) is 0. The van der Waals surface area contributed by atoms with Crippen molar-refractivity contribution in [3.8, 4) is 0 Å². The highest BCUT2D eigenvalue weighted by Gasteiger charge is 2.23. The number of anilines is 1. The van der Waals surface area contributed by atoms with Crippen LogP contribution in [0.5, 0.6) is 0 Å². The molecule has 0 aliphatic carbocycles. The smallest absolute Gasteiger partial charge is 0.323 e. The second-order valence-electron chi connectivity index (χ2n) is 4.75. The van der Waals surface area contributed by atoms with Gasteiger partial charge in [0.05, 0.1) is 0 Å². The predicted molar refractivity (Wildman–Crippen MR) is 78.9 cm³/mol. The minimum Gasteiger partial charge on any atom is -0.480 e. The van der Waals surface area contributed by atoms with Crippen molar-refractivity contribution in [1.82, 2.24) is 0 Å². The highest BCUT2D eigenvalue weighted by Crippen LogP contribution is 2.21. The third-order valence-corrected chi connectivity index (χ3v) is 3.32. The average molecular weight is 281 g/mol. The van der Waals surface area contributed by atoms with Gasteiger partial charge in [0.15, 0.2) is 0 Å². The number of hydrogen-bond acceptors (Lipinski definition) is 3. The Bertz CT molecular complexity index is 467. The topological polar surface area (TPSA) is 57.6 Å². The fraction of sp³-hybridized carbons (Fsp3) is 0.429. The third kappa shape index (κ3) is 4.28. The minimum atomic E-state index is -1.03. The number of rotatable bonds is 5. The van der Waals surface area contributed by atoms with Gasteiger partial charge in [-0.3, -0.25) is 9.59 Å². The van der Waals surface area contributed by atoms with E-state index in [9.17, 15) is 9.59 Å². The van der Waals surface area contributed by atoms with Crippen molar-refractivity contribution in [3.05, 3.63) is 29.3 Å². The lowest BCUT2D eigenvalue weighted by Crippen LogP contribution is -2.39. The van der Waals surface area contributed by atoms with Gasteiger partial charge in [-0.15, -0.1) is 0 Å². The Morgan fingerprint density at radius 1 is 1.26 bits per heavy atom. The molecule has 0 aliphatic rings. The molecule has 5 heteroatoms. The highest BCUT2D eigenvalue weighted by atomic mass is 32.1. The average Bonchev–Trinajstić information content (AvgIpc) is 2.32. The summed E-state index contributed by atoms with van der Waals surface area (Å²) >= 11 is 4.10. The number of hydrogen-bond donors (Lipinski definition) is 2. The minimum absolute atomic E-state index is 0.220. The molecule has 1 aromatic rings. The lowest BCUT2D eigenvalue weighted by molar-refractivity contribution is -0.137. The highest BCUT2D eigenvalue weighted by molar-refractivity contribution is 7.80. The van der Waals surface area contributed by atoms with Crippen LogP contribution in [0.1, 0.15) is 18.1 Å². The van der Waals surface area contributed by atoms with Crippen molar-refractivity contribution in [3.63, 3.8) is 0 Å². The number of carbonyl (C=O) groups excluding carboxylic acids is 1. The Morgan fingerprint density at radius 2 is 1.79 bits per heavy atom. The first kappa shape index (κ1) is 15.6. The van der Waals surface area contributed by atoms with Crippen molar-refractivity contribution in [1.29, 1.82) is 0 Å². The Labute approximate surface area is 118 Å². The maximum Gasteiger partial charge on any atom is 0.323 e. The van der Waals surface area contributed by atoms with E-state index in [1.807, 2.05) is 32.0 Å². The molecule has 104 valence electrons. The number of amides is 1. The van der Waals surface area contributed by atoms with Crippen LogP contribution < -0.4 is 4.90 Å². The van der Waals surface area contributed by atoms with E-state index < -0.39 is 5.97 Å². The Hall–Kier alpha value is -1.49. The number of benzene rings is 1. The molecule has 1 aromatic carbocycles. The standard InChI is InChI=1S/C14H19NO3S/c1-9-4-10(2)6-12(5-9)15(7-13(16)17)14(18)11(3)8-19/h4-6,11,19H,7-8H2,1-3H3,(H,16,17)/t11-/m0/s1. The first-order valence-corrected chi connectivity index (χ1v) is 6.70. The van der Waals surface area contributed by atoms with E-state index in [2.05, 4.69) is 12.6 Å². The number of carboxylic acids is 1. The summed E-state index contributed by atoms with van der Waals surface area (Å²) in [5.41, 5.74) is 2.62. The van der Waals surface area contributed by atoms with Gasteiger partial charge in [0.2, 0.25) is 5.91 Å². The molecule has 19 heavy (non-hydrogen) atoms. The molecular formula is C14H19NO3S. The fourth-order valence-corrected chi connectivity index (χ4v) is 2.04. The Balaban J connectivity index is 3.15. The van der Waals surface area contributed by atoms with Crippen molar-refractivity contribution >= 4 is 30.2 Å². The fourth-order valence-electron chi connectivity index (χ4n) is 1.88. The van der Waals surface area contributed by atoms with Gasteiger partial charge in [-0.2, -0.15) is 12.6 Å². The molecule has 0 radical (unpaired) electrons. The van der Waals surface area contributed by atoms with Gasteiger partial charge in [-0.25, -0.2) is 0 Å². The number of carbonyl (C=O) groups is 2. The molecule has 0 fully saturated rings. The van der Waals surface area contributed by atoms with Crippen LogP contribution in [0.15, 0.2) is 18.2 Å². The van der Waals surface area contributed by atoms with Gasteiger partial charge >= 0.3 is 5.97 Å². The van der Waals surface area contributed by atoms with Gasteiger partial charge in [0, 0.05) is 17.4 Å². The van der Waals surface area contributed by atoms with Crippen LogP contribution in [0.25, 0.3) is 0 Å². The van der Waals surface area contributed by atoms with Crippen LogP contribution in [0, 0.1) is 19.8 Å². The van der Waals surface area contributed by atoms with E-state index in [-0.39, 0.29) is 18.4 Å². The van der Waals surface area contributed by atoms with E-state index in [0.717, 1.165) is 11.1 Å². The summed E-state index contributed by atoms with van der Waals surface area (Å²) in [7, 11) is 0. The van der Waals surface area contributed by atoms with E-state index in [0.29, 0.717) is 11.4 Å². The normalized spacial score (nSPS) is 12.0. The quantitative estimate of drug-likeness (QED) is 0.814. The summed E-state index contributed by atoms with van der Waals surface area (Å²) in [6.45, 7) is 5.25. The van der Waals surface area contributed by atoms with Gasteiger partial charge in [-0.1, -0.05) is 13.0 Å². The summed E-state index contributed by atoms with van der Waals surface area (Å²) in [6, 6.07) is 5.62. The maximum absolute atomic E-state index is 12.2. The molecule has 0 unspecified atom stereocenters. The second kappa shape index (κ2) is 6.61. The molecule has 0 bridgehead atoms. The molecule has 0 aromatic heterocycles. The van der Waals surface area contributed by atoms with Crippen LogP contribution in [-0.2, 0) is 9.59 Å². The summed E-state index contributed by atoms with van der Waals surface area (Å²) < 4.78 is 0. The lowest BCUT2D eigenvalue weighted by atomic mass is 10.1. The van der Waals surface area contributed by atoms with Crippen molar-refractivity contribution < 1.29 is 14.7 Å². The zero-order valence-electron chi connectivity index (χ0n) is 11.4. The van der Waals surface area contributed by atoms with Crippen molar-refractivity contribution in [2.45, 2.75) is 20.8 Å². The van der Waals surface area contributed by atoms with Gasteiger partial charge in [0.25, 0.3) is 0 Å². The van der Waals surface area contributed by atoms with Crippen LogP contribution in [0.4, 0.5) is 5.69 Å². The van der Waals surface area contributed by atoms with Crippen molar-refractivity contribution in [2.75, 3.05) is 17.2 Å². The van der Waals surface area contributed by atoms with Gasteiger partial charge in [0.1, 0.15) is 6.54 Å². The van der Waals surface area contributed by atoms with Crippen LogP contribution in [-0.4, -0.2) is 29.3 Å². The Morgan fingerprint density at radius 3 is 2.21 bits per heavy atom. The third-order valence-electron chi connectivity index (χ3n) is 2.77. The number of thiol groups is 1. The summed E-state index contributed by atoms with van der Waals surface area (Å²) in [4.78, 5) is 24.5. The second-order valence-corrected chi connectivity index (χ2v) is 5.11. The molecule has 0 heterocycles. The molecule has 0 spiro atoms. The van der Waals surface area contributed by atoms with Crippen LogP contribution in [0.2, 0.25) is 0 Å². The van der Waals surface area contributed by atoms with E-state index >= 15 is 0 Å². The molecule has 0 saturated heterocycles. The predicted octanol–water partition coefficient (Wildman–Crippen LogP) is 2.29. The molecule has 0 saturated carbocycles. The van der Waals surface area contributed by atoms with Crippen molar-refractivity contribution in [2.24, 2.45) is 5.92 Å². The number of carboxylic acid groups (broad SMARTS) is 1. The largest absolute Gasteiger partial charge is 0.480 e. The van der Waals surface area contributed by atoms with E-state index in [1.165, 1.54) is 4.90 Å². The molecule has 1 atom stereocenters. The van der Waals surface area contributed by atoms with Gasteiger partial charge < -0.3 is 10.0 Å². The number of aryl methyl sites for hydroxylation is 2. The molecule has 1 amide bonds. The first-order valence-electron chi connectivity index (χ1n) is 6.07. The van der Waals surface area contributed by atoms with E-state index in [1.54, 1.807) is 6.92 Å².